The number of methoxy groups -OCH3 is 1. The first kappa shape index (κ1) is 15.0. The van der Waals surface area contributed by atoms with E-state index in [2.05, 4.69) is 0 Å². The number of esters is 1. The van der Waals surface area contributed by atoms with Crippen LogP contribution in [0.1, 0.15) is 21.8 Å². The van der Waals surface area contributed by atoms with E-state index in [0.29, 0.717) is 22.4 Å². The summed E-state index contributed by atoms with van der Waals surface area (Å²) in [6, 6.07) is 12.2. The number of carbonyl (C=O) groups is 2. The molecule has 0 aromatic heterocycles. The molecule has 1 heterocycles. The zero-order valence-corrected chi connectivity index (χ0v) is 12.3. The van der Waals surface area contributed by atoms with Crippen LogP contribution in [0.15, 0.2) is 42.5 Å². The number of amides is 1. The van der Waals surface area contributed by atoms with E-state index >= 15 is 0 Å². The van der Waals surface area contributed by atoms with Gasteiger partial charge in [-0.25, -0.2) is 4.79 Å². The Balaban J connectivity index is 2.07. The van der Waals surface area contributed by atoms with E-state index in [4.69, 9.17) is 9.47 Å². The second-order valence-corrected chi connectivity index (χ2v) is 5.11. The van der Waals surface area contributed by atoms with E-state index in [1.807, 2.05) is 0 Å². The number of rotatable bonds is 3. The lowest BCUT2D eigenvalue weighted by molar-refractivity contribution is -0.126. The first-order chi connectivity index (χ1) is 11.2. The summed E-state index contributed by atoms with van der Waals surface area (Å²) in [6.07, 6.45) is 0. The number of carbonyl (C=O) groups excluding carboxylic acids is 2. The predicted molar refractivity (Wildman–Crippen MR) is 80.7 cm³/mol. The third-order valence-electron chi connectivity index (χ3n) is 3.84. The number of ether oxygens (including phenoxy) is 2. The highest BCUT2D eigenvalue weighted by atomic mass is 19.2. The first-order valence-electron chi connectivity index (χ1n) is 7.00. The maximum Gasteiger partial charge on any atom is 0.338 e. The van der Waals surface area contributed by atoms with Crippen molar-refractivity contribution in [3.8, 4) is 16.9 Å². The normalized spacial score (nSPS) is 15.5. The third-order valence-corrected chi connectivity index (χ3v) is 3.84. The molecule has 5 nitrogen and oxygen atoms in total. The lowest BCUT2D eigenvalue weighted by Crippen LogP contribution is -2.23. The quantitative estimate of drug-likeness (QED) is 0.698. The minimum absolute atomic E-state index is 0.0905. The van der Waals surface area contributed by atoms with Gasteiger partial charge in [-0.2, -0.15) is 5.54 Å². The highest BCUT2D eigenvalue weighted by Crippen LogP contribution is 2.37. The largest absolute Gasteiger partial charge is 0.492 e. The fourth-order valence-corrected chi connectivity index (χ4v) is 2.69. The molecule has 118 valence electrons. The van der Waals surface area contributed by atoms with Gasteiger partial charge >= 0.3 is 5.97 Å². The van der Waals surface area contributed by atoms with Crippen molar-refractivity contribution < 1.29 is 23.5 Å². The van der Waals surface area contributed by atoms with Crippen LogP contribution < -0.4 is 10.3 Å². The van der Waals surface area contributed by atoms with Gasteiger partial charge in [-0.05, 0) is 29.3 Å². The van der Waals surface area contributed by atoms with Crippen molar-refractivity contribution in [1.29, 1.82) is 0 Å². The molecule has 0 fully saturated rings. The van der Waals surface area contributed by atoms with Crippen molar-refractivity contribution in [3.05, 3.63) is 53.6 Å². The van der Waals surface area contributed by atoms with Gasteiger partial charge in [-0.3, -0.25) is 4.79 Å². The Morgan fingerprint density at radius 1 is 1.26 bits per heavy atom. The molecule has 0 spiro atoms. The third kappa shape index (κ3) is 2.63. The molecular weight excluding hydrogens is 301 g/mol. The van der Waals surface area contributed by atoms with Crippen LogP contribution in [-0.2, 0) is 9.53 Å². The van der Waals surface area contributed by atoms with Crippen LogP contribution in [0.3, 0.4) is 0 Å². The van der Waals surface area contributed by atoms with Gasteiger partial charge in [0.25, 0.3) is 5.91 Å². The highest BCUT2D eigenvalue weighted by molar-refractivity contribution is 5.97. The number of nitrogens with one attached hydrogen (secondary N) is 1. The molecule has 2 aromatic carbocycles. The molecule has 1 aliphatic rings. The summed E-state index contributed by atoms with van der Waals surface area (Å²) in [6.45, 7) is 0.0905. The molecule has 0 radical (unpaired) electrons. The molecule has 0 saturated heterocycles. The van der Waals surface area contributed by atoms with E-state index < -0.39 is 17.8 Å². The Hall–Kier alpha value is -2.89. The highest BCUT2D eigenvalue weighted by Gasteiger charge is 2.31. The fraction of sp³-hybridized carbons (Fsp3) is 0.176. The number of halogens is 1. The van der Waals surface area contributed by atoms with Crippen molar-refractivity contribution in [2.45, 2.75) is 5.92 Å². The molecule has 23 heavy (non-hydrogen) atoms. The smallest absolute Gasteiger partial charge is 0.338 e. The molecule has 3 rings (SSSR count). The van der Waals surface area contributed by atoms with Crippen molar-refractivity contribution in [2.24, 2.45) is 0 Å². The van der Waals surface area contributed by atoms with Gasteiger partial charge in [0.2, 0.25) is 0 Å². The van der Waals surface area contributed by atoms with Gasteiger partial charge in [0.1, 0.15) is 18.3 Å². The monoisotopic (exact) mass is 315 g/mol. The number of hydrogen-bond acceptors (Lipinski definition) is 4. The Morgan fingerprint density at radius 3 is 2.78 bits per heavy atom. The molecule has 1 aliphatic heterocycles. The van der Waals surface area contributed by atoms with Crippen LogP contribution in [0.4, 0.5) is 4.48 Å². The Morgan fingerprint density at radius 2 is 2.04 bits per heavy atom. The average Bonchev–Trinajstić information content (AvgIpc) is 3.03. The zero-order valence-electron chi connectivity index (χ0n) is 12.3. The van der Waals surface area contributed by atoms with E-state index in [0.717, 1.165) is 11.1 Å². The number of benzene rings is 2. The van der Waals surface area contributed by atoms with Gasteiger partial charge in [-0.15, -0.1) is 4.48 Å². The maximum absolute atomic E-state index is 12.5. The zero-order chi connectivity index (χ0) is 16.4. The summed E-state index contributed by atoms with van der Waals surface area (Å²) >= 11 is 0. The van der Waals surface area contributed by atoms with Gasteiger partial charge in [-0.1, -0.05) is 24.3 Å². The van der Waals surface area contributed by atoms with Gasteiger partial charge in [0.15, 0.2) is 0 Å². The lowest BCUT2D eigenvalue weighted by atomic mass is 9.94. The number of hydrogen-bond donors (Lipinski definition) is 1. The summed E-state index contributed by atoms with van der Waals surface area (Å²) in [4.78, 5) is 23.5. The molecule has 1 amide bonds. The summed E-state index contributed by atoms with van der Waals surface area (Å²) < 4.78 is 22.7. The summed E-state index contributed by atoms with van der Waals surface area (Å²) in [7, 11) is 1.32. The van der Waals surface area contributed by atoms with E-state index in [9.17, 15) is 14.1 Å². The Labute approximate surface area is 132 Å². The van der Waals surface area contributed by atoms with Crippen molar-refractivity contribution in [2.75, 3.05) is 13.7 Å². The minimum Gasteiger partial charge on any atom is -0.492 e. The van der Waals surface area contributed by atoms with Crippen molar-refractivity contribution in [3.63, 3.8) is 0 Å². The number of fused-ring (bicyclic) bond motifs is 1. The van der Waals surface area contributed by atoms with Gasteiger partial charge in [0, 0.05) is 5.56 Å². The van der Waals surface area contributed by atoms with Crippen LogP contribution in [0, 0.1) is 0 Å². The topological polar surface area (TPSA) is 64.6 Å². The summed E-state index contributed by atoms with van der Waals surface area (Å²) in [5.41, 5.74) is 3.57. The van der Waals surface area contributed by atoms with Crippen molar-refractivity contribution >= 4 is 11.9 Å². The SMILES string of the molecule is COC(=O)c1ccccc1-c1ccc2c(c1)C(C(=O)NF)CO2. The summed E-state index contributed by atoms with van der Waals surface area (Å²) in [5.74, 6) is -1.37. The molecule has 6 heteroatoms. The van der Waals surface area contributed by atoms with Crippen LogP contribution in [0.5, 0.6) is 5.75 Å². The van der Waals surface area contributed by atoms with Crippen LogP contribution >= 0.6 is 0 Å². The first-order valence-corrected chi connectivity index (χ1v) is 7.00. The maximum atomic E-state index is 12.5. The molecule has 0 bridgehead atoms. The van der Waals surface area contributed by atoms with Crippen LogP contribution in [-0.4, -0.2) is 25.6 Å². The molecule has 0 saturated carbocycles. The minimum atomic E-state index is -0.748. The fourth-order valence-electron chi connectivity index (χ4n) is 2.69. The standard InChI is InChI=1S/C17H14FNO4/c1-22-17(21)12-5-3-2-4-11(12)10-6-7-15-13(8-10)14(9-23-15)16(20)19-18/h2-8,14H,9H2,1H3,(H,19,20). The van der Waals surface area contributed by atoms with Crippen LogP contribution in [0.25, 0.3) is 11.1 Å². The second-order valence-electron chi connectivity index (χ2n) is 5.11. The van der Waals surface area contributed by atoms with E-state index in [1.54, 1.807) is 42.5 Å². The van der Waals surface area contributed by atoms with Gasteiger partial charge < -0.3 is 9.47 Å². The lowest BCUT2D eigenvalue weighted by Gasteiger charge is -2.10. The molecular formula is C17H14FNO4. The Bertz CT molecular complexity index is 775. The summed E-state index contributed by atoms with van der Waals surface area (Å²) in [5, 5.41) is 0. The molecule has 1 N–H and O–H groups in total. The van der Waals surface area contributed by atoms with E-state index in [-0.39, 0.29) is 6.61 Å². The molecule has 2 aromatic rings. The second kappa shape index (κ2) is 6.08. The molecule has 1 unspecified atom stereocenters. The Kier molecular flexibility index (Phi) is 3.97. The molecule has 1 atom stereocenters. The molecule has 0 aliphatic carbocycles. The average molecular weight is 315 g/mol. The van der Waals surface area contributed by atoms with E-state index in [1.165, 1.54) is 7.11 Å². The predicted octanol–water partition coefficient (Wildman–Crippen LogP) is 2.62. The van der Waals surface area contributed by atoms with Crippen LogP contribution in [0.2, 0.25) is 0 Å². The van der Waals surface area contributed by atoms with Gasteiger partial charge in [0.05, 0.1) is 12.7 Å². The van der Waals surface area contributed by atoms with Crippen molar-refractivity contribution in [1.82, 2.24) is 5.54 Å².